The molecule has 1 saturated heterocycles. The first-order valence-corrected chi connectivity index (χ1v) is 11.1. The number of nitrogens with one attached hydrogen (secondary N) is 1. The van der Waals surface area contributed by atoms with Crippen molar-refractivity contribution in [3.63, 3.8) is 0 Å². The molecule has 1 saturated carbocycles. The van der Waals surface area contributed by atoms with Gasteiger partial charge in [-0.05, 0) is 50.2 Å². The zero-order valence-corrected chi connectivity index (χ0v) is 18.1. The Morgan fingerprint density at radius 1 is 1.23 bits per heavy atom. The van der Waals surface area contributed by atoms with Crippen LogP contribution in [0.15, 0.2) is 24.3 Å². The second-order valence-electron chi connectivity index (χ2n) is 8.79. The van der Waals surface area contributed by atoms with Crippen molar-refractivity contribution in [3.05, 3.63) is 29.8 Å². The summed E-state index contributed by atoms with van der Waals surface area (Å²) in [7, 11) is 0. The van der Waals surface area contributed by atoms with Crippen molar-refractivity contribution < 1.29 is 23.9 Å². The van der Waals surface area contributed by atoms with Gasteiger partial charge in [-0.25, -0.2) is 4.79 Å². The highest BCUT2D eigenvalue weighted by molar-refractivity contribution is 6.09. The van der Waals surface area contributed by atoms with Crippen LogP contribution in [-0.2, 0) is 25.5 Å². The molecule has 8 nitrogen and oxygen atoms in total. The second-order valence-corrected chi connectivity index (χ2v) is 8.79. The maximum absolute atomic E-state index is 13.0. The van der Waals surface area contributed by atoms with Gasteiger partial charge in [0.25, 0.3) is 11.8 Å². The van der Waals surface area contributed by atoms with Crippen molar-refractivity contribution in [2.24, 2.45) is 5.92 Å². The lowest BCUT2D eigenvalue weighted by Crippen LogP contribution is -2.54. The van der Waals surface area contributed by atoms with E-state index in [1.54, 1.807) is 4.90 Å². The van der Waals surface area contributed by atoms with Crippen molar-refractivity contribution >= 4 is 29.5 Å². The summed E-state index contributed by atoms with van der Waals surface area (Å²) < 4.78 is 5.34. The van der Waals surface area contributed by atoms with Crippen molar-refractivity contribution in [3.8, 4) is 0 Å². The summed E-state index contributed by atoms with van der Waals surface area (Å²) in [5.74, 6) is -1.44. The lowest BCUT2D eigenvalue weighted by molar-refractivity contribution is -0.156. The van der Waals surface area contributed by atoms with Gasteiger partial charge >= 0.3 is 12.0 Å². The van der Waals surface area contributed by atoms with Gasteiger partial charge in [0.2, 0.25) is 0 Å². The van der Waals surface area contributed by atoms with Gasteiger partial charge < -0.3 is 15.0 Å². The average molecular weight is 428 g/mol. The fourth-order valence-electron chi connectivity index (χ4n) is 5.03. The summed E-state index contributed by atoms with van der Waals surface area (Å²) in [6.45, 7) is 3.54. The summed E-state index contributed by atoms with van der Waals surface area (Å²) in [5, 5.41) is 2.82. The molecule has 1 N–H and O–H groups in total. The molecular weight excluding hydrogens is 398 g/mol. The number of nitrogens with zero attached hydrogens (tertiary/aromatic N) is 2. The highest BCUT2D eigenvalue weighted by Gasteiger charge is 2.55. The van der Waals surface area contributed by atoms with Gasteiger partial charge in [0.05, 0.1) is 0 Å². The van der Waals surface area contributed by atoms with E-state index in [-0.39, 0.29) is 17.7 Å². The van der Waals surface area contributed by atoms with Crippen LogP contribution in [0.4, 0.5) is 10.5 Å². The molecule has 0 bridgehead atoms. The fraction of sp³-hybridized carbons (Fsp3) is 0.565. The number of urea groups is 1. The van der Waals surface area contributed by atoms with Gasteiger partial charge in [0.15, 0.2) is 6.10 Å². The summed E-state index contributed by atoms with van der Waals surface area (Å²) in [6, 6.07) is 7.12. The van der Waals surface area contributed by atoms with Crippen LogP contribution in [0.5, 0.6) is 0 Å². The molecule has 3 atom stereocenters. The minimum atomic E-state index is -1.01. The van der Waals surface area contributed by atoms with Crippen molar-refractivity contribution in [2.45, 2.75) is 64.0 Å². The van der Waals surface area contributed by atoms with E-state index in [1.165, 1.54) is 6.92 Å². The van der Waals surface area contributed by atoms with Gasteiger partial charge in [0, 0.05) is 12.2 Å². The van der Waals surface area contributed by atoms with Gasteiger partial charge in [-0.3, -0.25) is 19.3 Å². The summed E-state index contributed by atoms with van der Waals surface area (Å²) in [4.78, 5) is 53.5. The molecule has 1 spiro atoms. The third-order valence-corrected chi connectivity index (χ3v) is 6.82. The molecule has 166 valence electrons. The third kappa shape index (κ3) is 3.79. The number of benzene rings is 1. The topological polar surface area (TPSA) is 96.0 Å². The van der Waals surface area contributed by atoms with Gasteiger partial charge in [0.1, 0.15) is 12.1 Å². The van der Waals surface area contributed by atoms with Crippen LogP contribution < -0.4 is 10.2 Å². The Labute approximate surface area is 181 Å². The first-order valence-electron chi connectivity index (χ1n) is 11.1. The predicted octanol–water partition coefficient (Wildman–Crippen LogP) is 2.40. The number of hydrogen-bond donors (Lipinski definition) is 1. The Kier molecular flexibility index (Phi) is 5.73. The summed E-state index contributed by atoms with van der Waals surface area (Å²) >= 11 is 0. The second kappa shape index (κ2) is 8.32. The molecule has 0 aromatic heterocycles. The number of imide groups is 1. The van der Waals surface area contributed by atoms with Crippen LogP contribution >= 0.6 is 0 Å². The smallest absolute Gasteiger partial charge is 0.327 e. The molecule has 4 amide bonds. The molecular formula is C23H29N3O5. The molecule has 2 fully saturated rings. The fourth-order valence-corrected chi connectivity index (χ4v) is 5.03. The molecule has 1 aromatic carbocycles. The van der Waals surface area contributed by atoms with Crippen LogP contribution in [0.25, 0.3) is 0 Å². The van der Waals surface area contributed by atoms with E-state index in [0.29, 0.717) is 13.0 Å². The summed E-state index contributed by atoms with van der Waals surface area (Å²) in [5.41, 5.74) is 1.00. The zero-order valence-electron chi connectivity index (χ0n) is 18.1. The number of ether oxygens (including phenoxy) is 1. The molecule has 3 aliphatic rings. The first-order chi connectivity index (χ1) is 14.8. The van der Waals surface area contributed by atoms with Crippen LogP contribution in [0.2, 0.25) is 0 Å². The van der Waals surface area contributed by atoms with E-state index < -0.39 is 30.2 Å². The van der Waals surface area contributed by atoms with E-state index in [4.69, 9.17) is 4.74 Å². The average Bonchev–Trinajstić information content (AvgIpc) is 2.99. The molecule has 8 heteroatoms. The monoisotopic (exact) mass is 427 g/mol. The van der Waals surface area contributed by atoms with E-state index >= 15 is 0 Å². The van der Waals surface area contributed by atoms with Crippen molar-refractivity contribution in [1.29, 1.82) is 0 Å². The highest BCUT2D eigenvalue weighted by Crippen LogP contribution is 2.38. The van der Waals surface area contributed by atoms with E-state index in [9.17, 15) is 19.2 Å². The van der Waals surface area contributed by atoms with Crippen LogP contribution in [-0.4, -0.2) is 53.4 Å². The van der Waals surface area contributed by atoms with Crippen LogP contribution in [0, 0.1) is 5.92 Å². The number of esters is 1. The molecule has 1 aromatic rings. The van der Waals surface area contributed by atoms with Crippen molar-refractivity contribution in [1.82, 2.24) is 10.2 Å². The Morgan fingerprint density at radius 2 is 2.00 bits per heavy atom. The Bertz CT molecular complexity index is 916. The number of hydrogen-bond acceptors (Lipinski definition) is 5. The number of amides is 4. The maximum atomic E-state index is 13.0. The SMILES string of the molecule is CC(OC(=O)CN1C(=O)NC2(CCCCC2C)C1=O)C(=O)N1CCCc2ccccc21. The number of rotatable bonds is 4. The van der Waals surface area contributed by atoms with Gasteiger partial charge in [-0.1, -0.05) is 38.0 Å². The molecule has 2 aliphatic heterocycles. The highest BCUT2D eigenvalue weighted by atomic mass is 16.5. The summed E-state index contributed by atoms with van der Waals surface area (Å²) in [6.07, 6.45) is 4.04. The molecule has 1 aliphatic carbocycles. The quantitative estimate of drug-likeness (QED) is 0.588. The predicted molar refractivity (Wildman–Crippen MR) is 113 cm³/mol. The zero-order chi connectivity index (χ0) is 22.2. The normalized spacial score (nSPS) is 26.5. The molecule has 31 heavy (non-hydrogen) atoms. The Balaban J connectivity index is 1.39. The van der Waals surface area contributed by atoms with Gasteiger partial charge in [-0.15, -0.1) is 0 Å². The minimum Gasteiger partial charge on any atom is -0.451 e. The molecule has 3 unspecified atom stereocenters. The number of aryl methyl sites for hydroxylation is 1. The number of para-hydroxylation sites is 1. The third-order valence-electron chi connectivity index (χ3n) is 6.82. The van der Waals surface area contributed by atoms with E-state index in [2.05, 4.69) is 5.32 Å². The lowest BCUT2D eigenvalue weighted by Gasteiger charge is -2.36. The van der Waals surface area contributed by atoms with Crippen molar-refractivity contribution in [2.75, 3.05) is 18.0 Å². The number of fused-ring (bicyclic) bond motifs is 1. The maximum Gasteiger partial charge on any atom is 0.327 e. The molecule has 0 radical (unpaired) electrons. The number of anilines is 1. The Morgan fingerprint density at radius 3 is 2.77 bits per heavy atom. The minimum absolute atomic E-state index is 0.0124. The number of carbonyl (C=O) groups is 4. The molecule has 2 heterocycles. The lowest BCUT2D eigenvalue weighted by atomic mass is 9.73. The van der Waals surface area contributed by atoms with Crippen LogP contribution in [0.1, 0.15) is 51.5 Å². The Hall–Kier alpha value is -2.90. The van der Waals surface area contributed by atoms with E-state index in [1.807, 2.05) is 31.2 Å². The first kappa shape index (κ1) is 21.3. The van der Waals surface area contributed by atoms with Gasteiger partial charge in [-0.2, -0.15) is 0 Å². The standard InChI is InChI=1S/C23H29N3O5/c1-15-8-5-6-12-23(15)21(29)26(22(30)24-23)14-19(27)31-16(2)20(28)25-13-7-10-17-9-3-4-11-18(17)25/h3-4,9,11,15-16H,5-8,10,12-14H2,1-2H3,(H,24,30). The van der Waals surface area contributed by atoms with E-state index in [0.717, 1.165) is 48.3 Å². The number of carbonyl (C=O) groups excluding carboxylic acids is 4. The van der Waals surface area contributed by atoms with Crippen LogP contribution in [0.3, 0.4) is 0 Å². The molecule has 4 rings (SSSR count). The largest absolute Gasteiger partial charge is 0.451 e.